The highest BCUT2D eigenvalue weighted by Gasteiger charge is 2.22. The molecule has 0 saturated heterocycles. The molecule has 0 atom stereocenters. The number of aliphatic hydroxyl groups excluding tert-OH is 1. The van der Waals surface area contributed by atoms with Crippen LogP contribution in [0.1, 0.15) is 26.7 Å². The predicted molar refractivity (Wildman–Crippen MR) is 69.7 cm³/mol. The molecule has 0 saturated carbocycles. The molecule has 17 heavy (non-hydrogen) atoms. The maximum Gasteiger partial charge on any atom is 0.223 e. The predicted octanol–water partition coefficient (Wildman–Crippen LogP) is -0.114. The van der Waals surface area contributed by atoms with Crippen molar-refractivity contribution in [3.63, 3.8) is 0 Å². The molecule has 3 N–H and O–H groups in total. The van der Waals surface area contributed by atoms with E-state index in [4.69, 9.17) is 5.73 Å². The number of nitrogens with two attached hydrogens (primary N) is 1. The first-order valence-corrected chi connectivity index (χ1v) is 6.11. The van der Waals surface area contributed by atoms with Gasteiger partial charge in [-0.1, -0.05) is 0 Å². The number of carbonyl (C=O) groups is 1. The first kappa shape index (κ1) is 16.4. The van der Waals surface area contributed by atoms with Gasteiger partial charge in [0.15, 0.2) is 0 Å². The molecular formula is C12H27N3O2. The minimum Gasteiger partial charge on any atom is -0.394 e. The Morgan fingerprint density at radius 3 is 2.35 bits per heavy atom. The van der Waals surface area contributed by atoms with Gasteiger partial charge in [0.05, 0.1) is 6.61 Å². The molecule has 0 heterocycles. The fourth-order valence-corrected chi connectivity index (χ4v) is 1.33. The van der Waals surface area contributed by atoms with E-state index in [1.54, 1.807) is 11.9 Å². The van der Waals surface area contributed by atoms with Gasteiger partial charge in [-0.2, -0.15) is 0 Å². The number of likely N-dealkylation sites (N-methyl/N-ethyl adjacent to an activating group) is 1. The summed E-state index contributed by atoms with van der Waals surface area (Å²) in [6.45, 7) is 5.96. The van der Waals surface area contributed by atoms with Crippen LogP contribution in [0.15, 0.2) is 0 Å². The minimum atomic E-state index is -0.282. The van der Waals surface area contributed by atoms with Crippen LogP contribution < -0.4 is 5.73 Å². The van der Waals surface area contributed by atoms with Crippen LogP contribution in [0.2, 0.25) is 0 Å². The highest BCUT2D eigenvalue weighted by molar-refractivity contribution is 5.76. The van der Waals surface area contributed by atoms with E-state index in [0.29, 0.717) is 26.1 Å². The fraction of sp³-hybridized carbons (Fsp3) is 0.917. The van der Waals surface area contributed by atoms with E-state index >= 15 is 0 Å². The average Bonchev–Trinajstić information content (AvgIpc) is 2.32. The summed E-state index contributed by atoms with van der Waals surface area (Å²) in [6.07, 6.45) is 1.31. The van der Waals surface area contributed by atoms with Crippen molar-refractivity contribution in [2.75, 3.05) is 40.3 Å². The molecule has 0 rings (SSSR count). The Morgan fingerprint density at radius 1 is 1.29 bits per heavy atom. The van der Waals surface area contributed by atoms with Crippen molar-refractivity contribution in [2.24, 2.45) is 5.73 Å². The number of rotatable bonds is 8. The maximum absolute atomic E-state index is 11.8. The van der Waals surface area contributed by atoms with Crippen LogP contribution in [0, 0.1) is 0 Å². The van der Waals surface area contributed by atoms with Crippen molar-refractivity contribution >= 4 is 5.91 Å². The Kier molecular flexibility index (Phi) is 7.34. The number of hydrogen-bond acceptors (Lipinski definition) is 4. The molecule has 5 nitrogen and oxygen atoms in total. The average molecular weight is 245 g/mol. The smallest absolute Gasteiger partial charge is 0.223 e. The molecule has 0 unspecified atom stereocenters. The summed E-state index contributed by atoms with van der Waals surface area (Å²) in [5, 5.41) is 9.20. The van der Waals surface area contributed by atoms with Gasteiger partial charge in [-0.25, -0.2) is 0 Å². The van der Waals surface area contributed by atoms with Crippen LogP contribution in [0.5, 0.6) is 0 Å². The number of aliphatic hydroxyl groups is 1. The Labute approximate surface area is 105 Å². The number of amides is 1. The van der Waals surface area contributed by atoms with Crippen molar-refractivity contribution in [3.8, 4) is 0 Å². The maximum atomic E-state index is 11.8. The summed E-state index contributed by atoms with van der Waals surface area (Å²) in [6, 6.07) is 0. The van der Waals surface area contributed by atoms with Gasteiger partial charge in [0, 0.05) is 32.1 Å². The second kappa shape index (κ2) is 7.63. The van der Waals surface area contributed by atoms with Crippen molar-refractivity contribution in [3.05, 3.63) is 0 Å². The fourth-order valence-electron chi connectivity index (χ4n) is 1.33. The van der Waals surface area contributed by atoms with E-state index in [0.717, 1.165) is 6.42 Å². The van der Waals surface area contributed by atoms with Crippen LogP contribution in [0.4, 0.5) is 0 Å². The van der Waals surface area contributed by atoms with E-state index in [1.807, 2.05) is 25.8 Å². The standard InChI is InChI=1S/C12H27N3O2/c1-12(2,10-16)15(4)9-6-11(17)14(3)8-5-7-13/h16H,5-10,13H2,1-4H3. The largest absolute Gasteiger partial charge is 0.394 e. The third kappa shape index (κ3) is 6.00. The third-order valence-electron chi connectivity index (χ3n) is 3.20. The Morgan fingerprint density at radius 2 is 1.88 bits per heavy atom. The van der Waals surface area contributed by atoms with Gasteiger partial charge in [0.25, 0.3) is 0 Å². The van der Waals surface area contributed by atoms with Crippen LogP contribution in [-0.4, -0.2) is 66.7 Å². The summed E-state index contributed by atoms with van der Waals surface area (Å²) < 4.78 is 0. The normalized spacial score (nSPS) is 11.9. The molecular weight excluding hydrogens is 218 g/mol. The first-order valence-electron chi connectivity index (χ1n) is 6.11. The first-order chi connectivity index (χ1) is 7.85. The molecule has 0 radical (unpaired) electrons. The van der Waals surface area contributed by atoms with Crippen LogP contribution in [0.3, 0.4) is 0 Å². The highest BCUT2D eigenvalue weighted by atomic mass is 16.3. The van der Waals surface area contributed by atoms with Gasteiger partial charge in [-0.3, -0.25) is 9.69 Å². The van der Waals surface area contributed by atoms with Crippen LogP contribution in [-0.2, 0) is 4.79 Å². The summed E-state index contributed by atoms with van der Waals surface area (Å²) in [7, 11) is 3.72. The topological polar surface area (TPSA) is 69.8 Å². The summed E-state index contributed by atoms with van der Waals surface area (Å²) >= 11 is 0. The van der Waals surface area contributed by atoms with E-state index in [1.165, 1.54) is 0 Å². The van der Waals surface area contributed by atoms with Crippen molar-refractivity contribution < 1.29 is 9.90 Å². The Hall–Kier alpha value is -0.650. The van der Waals surface area contributed by atoms with Gasteiger partial charge in [0.1, 0.15) is 0 Å². The zero-order valence-electron chi connectivity index (χ0n) is 11.6. The lowest BCUT2D eigenvalue weighted by molar-refractivity contribution is -0.130. The molecule has 0 aromatic carbocycles. The molecule has 5 heteroatoms. The van der Waals surface area contributed by atoms with E-state index in [2.05, 4.69) is 0 Å². The molecule has 0 aliphatic carbocycles. The number of nitrogens with zero attached hydrogens (tertiary/aromatic N) is 2. The van der Waals surface area contributed by atoms with Gasteiger partial charge in [-0.05, 0) is 33.9 Å². The van der Waals surface area contributed by atoms with E-state index < -0.39 is 0 Å². The van der Waals surface area contributed by atoms with Crippen molar-refractivity contribution in [2.45, 2.75) is 32.2 Å². The molecule has 0 aliphatic heterocycles. The van der Waals surface area contributed by atoms with Crippen molar-refractivity contribution in [1.29, 1.82) is 0 Å². The molecule has 0 aromatic rings. The lowest BCUT2D eigenvalue weighted by Crippen LogP contribution is -2.45. The lowest BCUT2D eigenvalue weighted by atomic mass is 10.1. The summed E-state index contributed by atoms with van der Waals surface area (Å²) in [5.74, 6) is 0.124. The Bertz CT molecular complexity index is 232. The molecule has 0 bridgehead atoms. The molecule has 0 fully saturated rings. The van der Waals surface area contributed by atoms with Gasteiger partial charge >= 0.3 is 0 Å². The van der Waals surface area contributed by atoms with Crippen LogP contribution in [0.25, 0.3) is 0 Å². The summed E-state index contributed by atoms with van der Waals surface area (Å²) in [5.41, 5.74) is 5.12. The van der Waals surface area contributed by atoms with Crippen LogP contribution >= 0.6 is 0 Å². The Balaban J connectivity index is 3.99. The molecule has 0 aromatic heterocycles. The molecule has 0 spiro atoms. The van der Waals surface area contributed by atoms with E-state index in [-0.39, 0.29) is 18.1 Å². The second-order valence-corrected chi connectivity index (χ2v) is 5.10. The lowest BCUT2D eigenvalue weighted by Gasteiger charge is -2.34. The van der Waals surface area contributed by atoms with Crippen molar-refractivity contribution in [1.82, 2.24) is 9.80 Å². The minimum absolute atomic E-state index is 0.0840. The molecule has 0 aliphatic rings. The highest BCUT2D eigenvalue weighted by Crippen LogP contribution is 2.11. The zero-order chi connectivity index (χ0) is 13.5. The van der Waals surface area contributed by atoms with Gasteiger partial charge in [-0.15, -0.1) is 0 Å². The van der Waals surface area contributed by atoms with Gasteiger partial charge in [0.2, 0.25) is 5.91 Å². The van der Waals surface area contributed by atoms with Gasteiger partial charge < -0.3 is 15.7 Å². The third-order valence-corrected chi connectivity index (χ3v) is 3.20. The zero-order valence-corrected chi connectivity index (χ0v) is 11.6. The number of hydrogen-bond donors (Lipinski definition) is 2. The number of carbonyl (C=O) groups excluding carboxylic acids is 1. The quantitative estimate of drug-likeness (QED) is 0.626. The summed E-state index contributed by atoms with van der Waals surface area (Å²) in [4.78, 5) is 15.5. The van der Waals surface area contributed by atoms with E-state index in [9.17, 15) is 9.90 Å². The second-order valence-electron chi connectivity index (χ2n) is 5.10. The molecule has 102 valence electrons. The monoisotopic (exact) mass is 245 g/mol. The SMILES string of the molecule is CN(CCCN)C(=O)CCN(C)C(C)(C)CO. The molecule has 1 amide bonds.